The number of esters is 1. The molecule has 4 nitrogen and oxygen atoms in total. The van der Waals surface area contributed by atoms with Gasteiger partial charge in [-0.25, -0.2) is 9.78 Å². The number of rotatable bonds is 3. The Kier molecular flexibility index (Phi) is 3.57. The maximum atomic E-state index is 11.6. The van der Waals surface area contributed by atoms with Crippen molar-refractivity contribution in [1.82, 2.24) is 4.98 Å². The van der Waals surface area contributed by atoms with Crippen molar-refractivity contribution in [2.75, 3.05) is 14.2 Å². The number of benzene rings is 1. The van der Waals surface area contributed by atoms with Gasteiger partial charge in [-0.3, -0.25) is 0 Å². The monoisotopic (exact) mass is 243 g/mol. The van der Waals surface area contributed by atoms with Gasteiger partial charge in [-0.1, -0.05) is 18.2 Å². The molecule has 0 N–H and O–H groups in total. The Morgan fingerprint density at radius 3 is 2.44 bits per heavy atom. The molecule has 1 heterocycles. The molecule has 92 valence electrons. The normalized spacial score (nSPS) is 9.89. The number of nitrogens with zero attached hydrogens (tertiary/aromatic N) is 1. The van der Waals surface area contributed by atoms with Gasteiger partial charge < -0.3 is 9.47 Å². The predicted octanol–water partition coefficient (Wildman–Crippen LogP) is 2.54. The molecule has 0 aliphatic rings. The summed E-state index contributed by atoms with van der Waals surface area (Å²) in [6.45, 7) is 0. The van der Waals surface area contributed by atoms with Crippen LogP contribution in [0.15, 0.2) is 42.6 Å². The summed E-state index contributed by atoms with van der Waals surface area (Å²) in [5.41, 5.74) is 1.95. The average molecular weight is 243 g/mol. The smallest absolute Gasteiger partial charge is 0.357 e. The van der Waals surface area contributed by atoms with Crippen LogP contribution in [0.5, 0.6) is 5.75 Å². The molecule has 0 unspecified atom stereocenters. The summed E-state index contributed by atoms with van der Waals surface area (Å²) in [4.78, 5) is 15.7. The number of carbonyl (C=O) groups excluding carboxylic acids is 1. The van der Waals surface area contributed by atoms with E-state index in [1.165, 1.54) is 7.11 Å². The molecule has 0 atom stereocenters. The first-order valence-electron chi connectivity index (χ1n) is 5.44. The van der Waals surface area contributed by atoms with Gasteiger partial charge >= 0.3 is 5.97 Å². The van der Waals surface area contributed by atoms with Crippen LogP contribution < -0.4 is 4.74 Å². The second kappa shape index (κ2) is 5.31. The topological polar surface area (TPSA) is 48.4 Å². The lowest BCUT2D eigenvalue weighted by Crippen LogP contribution is -2.06. The highest BCUT2D eigenvalue weighted by Gasteiger charge is 2.14. The Morgan fingerprint density at radius 2 is 1.83 bits per heavy atom. The summed E-state index contributed by atoms with van der Waals surface area (Å²) in [6, 6.07) is 11.0. The lowest BCUT2D eigenvalue weighted by molar-refractivity contribution is 0.0595. The lowest BCUT2D eigenvalue weighted by Gasteiger charge is -2.07. The highest BCUT2D eigenvalue weighted by Crippen LogP contribution is 2.24. The minimum absolute atomic E-state index is 0.310. The van der Waals surface area contributed by atoms with E-state index in [9.17, 15) is 4.79 Å². The Morgan fingerprint density at radius 1 is 1.11 bits per heavy atom. The van der Waals surface area contributed by atoms with Crippen LogP contribution in [0.3, 0.4) is 0 Å². The standard InChI is InChI=1S/C14H13NO3/c1-17-11-7-5-10(6-8-11)12-4-3-9-15-13(12)14(16)18-2/h3-9H,1-2H3. The van der Waals surface area contributed by atoms with E-state index in [1.54, 1.807) is 19.4 Å². The second-order valence-electron chi connectivity index (χ2n) is 3.62. The van der Waals surface area contributed by atoms with Crippen LogP contribution in [0.4, 0.5) is 0 Å². The Labute approximate surface area is 105 Å². The fourth-order valence-corrected chi connectivity index (χ4v) is 1.67. The van der Waals surface area contributed by atoms with Crippen LogP contribution in [-0.4, -0.2) is 25.2 Å². The molecular weight excluding hydrogens is 230 g/mol. The van der Waals surface area contributed by atoms with Crippen molar-refractivity contribution in [1.29, 1.82) is 0 Å². The zero-order valence-corrected chi connectivity index (χ0v) is 10.2. The summed E-state index contributed by atoms with van der Waals surface area (Å²) in [7, 11) is 2.95. The molecule has 18 heavy (non-hydrogen) atoms. The molecule has 0 saturated heterocycles. The molecule has 0 saturated carbocycles. The minimum Gasteiger partial charge on any atom is -0.497 e. The van der Waals surface area contributed by atoms with E-state index in [2.05, 4.69) is 4.98 Å². The third kappa shape index (κ3) is 2.32. The molecule has 0 aliphatic heterocycles. The minimum atomic E-state index is -0.443. The fourth-order valence-electron chi connectivity index (χ4n) is 1.67. The van der Waals surface area contributed by atoms with Crippen molar-refractivity contribution in [3.05, 3.63) is 48.3 Å². The van der Waals surface area contributed by atoms with Gasteiger partial charge in [0.25, 0.3) is 0 Å². The molecule has 0 bridgehead atoms. The number of pyridine rings is 1. The third-order valence-electron chi connectivity index (χ3n) is 2.59. The van der Waals surface area contributed by atoms with Crippen molar-refractivity contribution in [2.24, 2.45) is 0 Å². The number of ether oxygens (including phenoxy) is 2. The lowest BCUT2D eigenvalue weighted by atomic mass is 10.0. The van der Waals surface area contributed by atoms with E-state index in [0.717, 1.165) is 16.9 Å². The molecule has 2 rings (SSSR count). The van der Waals surface area contributed by atoms with Crippen molar-refractivity contribution < 1.29 is 14.3 Å². The summed E-state index contributed by atoms with van der Waals surface area (Å²) in [5.74, 6) is 0.323. The average Bonchev–Trinajstić information content (AvgIpc) is 2.46. The number of hydrogen-bond donors (Lipinski definition) is 0. The van der Waals surface area contributed by atoms with E-state index in [0.29, 0.717) is 5.69 Å². The number of aromatic nitrogens is 1. The van der Waals surface area contributed by atoms with Crippen molar-refractivity contribution >= 4 is 5.97 Å². The zero-order chi connectivity index (χ0) is 13.0. The Hall–Kier alpha value is -2.36. The summed E-state index contributed by atoms with van der Waals surface area (Å²) >= 11 is 0. The molecular formula is C14H13NO3. The van der Waals surface area contributed by atoms with Crippen LogP contribution in [-0.2, 0) is 4.74 Å². The number of methoxy groups -OCH3 is 2. The molecule has 0 spiro atoms. The zero-order valence-electron chi connectivity index (χ0n) is 10.2. The highest BCUT2D eigenvalue weighted by atomic mass is 16.5. The van der Waals surface area contributed by atoms with Gasteiger partial charge in [0, 0.05) is 11.8 Å². The fraction of sp³-hybridized carbons (Fsp3) is 0.143. The first kappa shape index (κ1) is 12.1. The van der Waals surface area contributed by atoms with Crippen LogP contribution >= 0.6 is 0 Å². The molecule has 0 radical (unpaired) electrons. The van der Waals surface area contributed by atoms with E-state index in [-0.39, 0.29) is 0 Å². The van der Waals surface area contributed by atoms with E-state index in [1.807, 2.05) is 30.3 Å². The van der Waals surface area contributed by atoms with Crippen molar-refractivity contribution in [3.63, 3.8) is 0 Å². The molecule has 0 fully saturated rings. The van der Waals surface area contributed by atoms with Gasteiger partial charge in [0.1, 0.15) is 5.75 Å². The summed E-state index contributed by atoms with van der Waals surface area (Å²) in [6.07, 6.45) is 1.57. The molecule has 0 amide bonds. The summed E-state index contributed by atoms with van der Waals surface area (Å²) < 4.78 is 9.81. The maximum Gasteiger partial charge on any atom is 0.357 e. The first-order valence-corrected chi connectivity index (χ1v) is 5.44. The van der Waals surface area contributed by atoms with E-state index in [4.69, 9.17) is 9.47 Å². The van der Waals surface area contributed by atoms with Crippen molar-refractivity contribution in [3.8, 4) is 16.9 Å². The first-order chi connectivity index (χ1) is 8.76. The van der Waals surface area contributed by atoms with E-state index >= 15 is 0 Å². The van der Waals surface area contributed by atoms with Gasteiger partial charge in [0.05, 0.1) is 14.2 Å². The Balaban J connectivity index is 2.46. The SMILES string of the molecule is COC(=O)c1ncccc1-c1ccc(OC)cc1. The van der Waals surface area contributed by atoms with Gasteiger partial charge in [-0.05, 0) is 23.8 Å². The Bertz CT molecular complexity index is 549. The maximum absolute atomic E-state index is 11.6. The molecule has 1 aromatic heterocycles. The molecule has 1 aromatic carbocycles. The summed E-state index contributed by atoms with van der Waals surface area (Å²) in [5, 5.41) is 0. The number of hydrogen-bond acceptors (Lipinski definition) is 4. The predicted molar refractivity (Wildman–Crippen MR) is 67.6 cm³/mol. The van der Waals surface area contributed by atoms with Crippen LogP contribution in [0.1, 0.15) is 10.5 Å². The van der Waals surface area contributed by atoms with Gasteiger partial charge in [-0.2, -0.15) is 0 Å². The highest BCUT2D eigenvalue weighted by molar-refractivity contribution is 5.95. The van der Waals surface area contributed by atoms with Gasteiger partial charge in [-0.15, -0.1) is 0 Å². The second-order valence-corrected chi connectivity index (χ2v) is 3.62. The third-order valence-corrected chi connectivity index (χ3v) is 2.59. The van der Waals surface area contributed by atoms with Crippen molar-refractivity contribution in [2.45, 2.75) is 0 Å². The van der Waals surface area contributed by atoms with Gasteiger partial charge in [0.2, 0.25) is 0 Å². The van der Waals surface area contributed by atoms with Gasteiger partial charge in [0.15, 0.2) is 5.69 Å². The number of carbonyl (C=O) groups is 1. The largest absolute Gasteiger partial charge is 0.497 e. The quantitative estimate of drug-likeness (QED) is 0.777. The molecule has 4 heteroatoms. The van der Waals surface area contributed by atoms with Crippen LogP contribution in [0, 0.1) is 0 Å². The molecule has 0 aliphatic carbocycles. The van der Waals surface area contributed by atoms with Crippen LogP contribution in [0.2, 0.25) is 0 Å². The molecule has 2 aromatic rings. The van der Waals surface area contributed by atoms with Crippen LogP contribution in [0.25, 0.3) is 11.1 Å². The van der Waals surface area contributed by atoms with E-state index < -0.39 is 5.97 Å².